The first-order valence-corrected chi connectivity index (χ1v) is 11.7. The van der Waals surface area contributed by atoms with E-state index in [2.05, 4.69) is 9.80 Å². The smallest absolute Gasteiger partial charge is 0.254 e. The van der Waals surface area contributed by atoms with Crippen LogP contribution >= 0.6 is 0 Å². The van der Waals surface area contributed by atoms with Crippen LogP contribution in [0.4, 0.5) is 4.39 Å². The molecule has 2 aliphatic carbocycles. The zero-order valence-electron chi connectivity index (χ0n) is 17.7. The van der Waals surface area contributed by atoms with Gasteiger partial charge in [-0.25, -0.2) is 4.39 Å². The maximum Gasteiger partial charge on any atom is 0.254 e. The van der Waals surface area contributed by atoms with Gasteiger partial charge in [0.15, 0.2) is 17.7 Å². The third-order valence-corrected chi connectivity index (χ3v) is 7.73. The molecule has 1 spiro atoms. The first-order valence-electron chi connectivity index (χ1n) is 11.7. The highest BCUT2D eigenvalue weighted by molar-refractivity contribution is 5.90. The Morgan fingerprint density at radius 1 is 1.10 bits per heavy atom. The van der Waals surface area contributed by atoms with Gasteiger partial charge < -0.3 is 14.7 Å². The summed E-state index contributed by atoms with van der Waals surface area (Å²) in [6, 6.07) is 4.98. The number of hydrogen-bond acceptors (Lipinski definition) is 4. The molecule has 1 aromatic carbocycles. The number of piperidine rings is 1. The number of benzene rings is 1. The summed E-state index contributed by atoms with van der Waals surface area (Å²) in [4.78, 5) is 17.6. The Hall–Kier alpha value is -1.66. The number of aromatic hydroxyl groups is 1. The molecular weight excluding hydrogens is 383 g/mol. The van der Waals surface area contributed by atoms with Crippen molar-refractivity contribution in [1.29, 1.82) is 0 Å². The normalized spacial score (nSPS) is 27.4. The zero-order valence-corrected chi connectivity index (χ0v) is 17.7. The van der Waals surface area contributed by atoms with Crippen LogP contribution in [0.1, 0.15) is 63.4 Å². The molecule has 1 atom stereocenters. The molecule has 2 saturated carbocycles. The van der Waals surface area contributed by atoms with E-state index in [1.54, 1.807) is 12.1 Å². The molecule has 4 fully saturated rings. The van der Waals surface area contributed by atoms with Crippen LogP contribution in [0, 0.1) is 11.7 Å². The lowest BCUT2D eigenvalue weighted by Gasteiger charge is -2.62. The number of nitrogens with zero attached hydrogens (tertiary/aromatic N) is 2. The number of carbonyl (C=O) groups excluding carboxylic acids is 1. The molecule has 30 heavy (non-hydrogen) atoms. The van der Waals surface area contributed by atoms with E-state index < -0.39 is 5.82 Å². The third kappa shape index (κ3) is 3.62. The SMILES string of the molecule is O=C1C(OCC2CC2)C2(CCCCC2)N1C1CCN(Cc2cccc(F)c2O)CC1. The number of hydrogen-bond donors (Lipinski definition) is 1. The van der Waals surface area contributed by atoms with Crippen molar-refractivity contribution < 1.29 is 19.0 Å². The number of ether oxygens (including phenoxy) is 1. The van der Waals surface area contributed by atoms with E-state index in [1.165, 1.54) is 38.2 Å². The highest BCUT2D eigenvalue weighted by Crippen LogP contribution is 2.48. The molecule has 6 heteroatoms. The summed E-state index contributed by atoms with van der Waals surface area (Å²) in [7, 11) is 0. The van der Waals surface area contributed by atoms with Gasteiger partial charge in [-0.3, -0.25) is 9.69 Å². The van der Waals surface area contributed by atoms with Gasteiger partial charge in [-0.15, -0.1) is 0 Å². The monoisotopic (exact) mass is 416 g/mol. The standard InChI is InChI=1S/C24H33FN2O3/c25-20-6-4-5-18(21(20)28)15-26-13-9-19(10-14-26)27-23(29)22(30-16-17-7-8-17)24(27)11-2-1-3-12-24/h4-6,17,19,22,28H,1-3,7-16H2. The Morgan fingerprint density at radius 2 is 1.83 bits per heavy atom. The average molecular weight is 417 g/mol. The Balaban J connectivity index is 1.22. The molecule has 164 valence electrons. The molecule has 0 radical (unpaired) electrons. The minimum Gasteiger partial charge on any atom is -0.505 e. The number of para-hydroxylation sites is 1. The van der Waals surface area contributed by atoms with E-state index in [4.69, 9.17) is 4.74 Å². The van der Waals surface area contributed by atoms with Crippen LogP contribution in [0.25, 0.3) is 0 Å². The third-order valence-electron chi connectivity index (χ3n) is 7.73. The van der Waals surface area contributed by atoms with E-state index in [0.717, 1.165) is 45.4 Å². The van der Waals surface area contributed by atoms with Crippen LogP contribution in [0.15, 0.2) is 18.2 Å². The highest BCUT2D eigenvalue weighted by atomic mass is 19.1. The summed E-state index contributed by atoms with van der Waals surface area (Å²) < 4.78 is 19.8. The van der Waals surface area contributed by atoms with Crippen molar-refractivity contribution in [3.8, 4) is 5.75 Å². The molecular formula is C24H33FN2O3. The van der Waals surface area contributed by atoms with Gasteiger partial charge in [0.25, 0.3) is 5.91 Å². The van der Waals surface area contributed by atoms with Crippen molar-refractivity contribution in [3.63, 3.8) is 0 Å². The summed E-state index contributed by atoms with van der Waals surface area (Å²) in [5, 5.41) is 9.97. The van der Waals surface area contributed by atoms with Crippen LogP contribution in [0.5, 0.6) is 5.75 Å². The van der Waals surface area contributed by atoms with E-state index in [0.29, 0.717) is 18.0 Å². The largest absolute Gasteiger partial charge is 0.505 e. The van der Waals surface area contributed by atoms with Gasteiger partial charge in [-0.05, 0) is 50.5 Å². The number of amides is 1. The summed E-state index contributed by atoms with van der Waals surface area (Å²) >= 11 is 0. The minimum atomic E-state index is -0.565. The quantitative estimate of drug-likeness (QED) is 0.716. The maximum absolute atomic E-state index is 13.6. The van der Waals surface area contributed by atoms with Crippen molar-refractivity contribution in [2.75, 3.05) is 19.7 Å². The Morgan fingerprint density at radius 3 is 2.53 bits per heavy atom. The number of rotatable bonds is 6. The average Bonchev–Trinajstić information content (AvgIpc) is 3.58. The number of phenolic OH excluding ortho intramolecular Hbond substituents is 1. The molecule has 5 rings (SSSR count). The van der Waals surface area contributed by atoms with Gasteiger partial charge in [0.1, 0.15) is 0 Å². The van der Waals surface area contributed by atoms with Crippen molar-refractivity contribution in [3.05, 3.63) is 29.6 Å². The number of halogens is 1. The maximum atomic E-state index is 13.6. The van der Waals surface area contributed by atoms with Gasteiger partial charge >= 0.3 is 0 Å². The van der Waals surface area contributed by atoms with Crippen LogP contribution in [-0.4, -0.2) is 58.2 Å². The predicted molar refractivity (Wildman–Crippen MR) is 111 cm³/mol. The lowest BCUT2D eigenvalue weighted by molar-refractivity contribution is -0.211. The topological polar surface area (TPSA) is 53.0 Å². The molecule has 2 saturated heterocycles. The fraction of sp³-hybridized carbons (Fsp3) is 0.708. The summed E-state index contributed by atoms with van der Waals surface area (Å²) in [5.74, 6) is 0.0770. The van der Waals surface area contributed by atoms with Crippen molar-refractivity contribution in [1.82, 2.24) is 9.80 Å². The Kier molecular flexibility index (Phi) is 5.48. The Bertz CT molecular complexity index is 783. The van der Waals surface area contributed by atoms with E-state index in [1.807, 2.05) is 0 Å². The van der Waals surface area contributed by atoms with E-state index >= 15 is 0 Å². The number of phenols is 1. The molecule has 0 aromatic heterocycles. The fourth-order valence-electron chi connectivity index (χ4n) is 5.85. The molecule has 4 aliphatic rings. The number of likely N-dealkylation sites (tertiary alicyclic amines) is 2. The second kappa shape index (κ2) is 8.12. The lowest BCUT2D eigenvalue weighted by atomic mass is 9.68. The van der Waals surface area contributed by atoms with Crippen molar-refractivity contribution in [2.24, 2.45) is 5.92 Å². The van der Waals surface area contributed by atoms with Crippen LogP contribution < -0.4 is 0 Å². The summed E-state index contributed by atoms with van der Waals surface area (Å²) in [6.07, 6.45) is 9.91. The van der Waals surface area contributed by atoms with Gasteiger partial charge in [0.2, 0.25) is 0 Å². The van der Waals surface area contributed by atoms with E-state index in [9.17, 15) is 14.3 Å². The zero-order chi connectivity index (χ0) is 20.7. The molecule has 1 N–H and O–H groups in total. The van der Waals surface area contributed by atoms with Gasteiger partial charge in [-0.1, -0.05) is 31.4 Å². The molecule has 0 bridgehead atoms. The lowest BCUT2D eigenvalue weighted by Crippen LogP contribution is -2.78. The fourth-order valence-corrected chi connectivity index (χ4v) is 5.85. The molecule has 2 heterocycles. The van der Waals surface area contributed by atoms with Crippen LogP contribution in [0.2, 0.25) is 0 Å². The Labute approximate surface area is 178 Å². The van der Waals surface area contributed by atoms with Crippen molar-refractivity contribution in [2.45, 2.75) is 82.0 Å². The second-order valence-corrected chi connectivity index (χ2v) is 9.78. The molecule has 1 amide bonds. The first kappa shape index (κ1) is 20.3. The van der Waals surface area contributed by atoms with Gasteiger partial charge in [0, 0.05) is 31.2 Å². The predicted octanol–water partition coefficient (Wildman–Crippen LogP) is 3.84. The van der Waals surface area contributed by atoms with Gasteiger partial charge in [-0.2, -0.15) is 0 Å². The van der Waals surface area contributed by atoms with Crippen LogP contribution in [-0.2, 0) is 16.1 Å². The van der Waals surface area contributed by atoms with Crippen molar-refractivity contribution >= 4 is 5.91 Å². The minimum absolute atomic E-state index is 0.0715. The molecule has 2 aliphatic heterocycles. The molecule has 1 aromatic rings. The number of carbonyl (C=O) groups is 1. The summed E-state index contributed by atoms with van der Waals surface area (Å²) in [5.41, 5.74) is 0.559. The number of β-lactam (4-membered cyclic amide) rings is 1. The van der Waals surface area contributed by atoms with Gasteiger partial charge in [0.05, 0.1) is 12.1 Å². The second-order valence-electron chi connectivity index (χ2n) is 9.78. The molecule has 5 nitrogen and oxygen atoms in total. The highest BCUT2D eigenvalue weighted by Gasteiger charge is 2.62. The van der Waals surface area contributed by atoms with E-state index in [-0.39, 0.29) is 29.3 Å². The summed E-state index contributed by atoms with van der Waals surface area (Å²) in [6.45, 7) is 3.01. The first-order chi connectivity index (χ1) is 14.6. The molecule has 1 unspecified atom stereocenters. The van der Waals surface area contributed by atoms with Crippen LogP contribution in [0.3, 0.4) is 0 Å².